The van der Waals surface area contributed by atoms with Crippen LogP contribution >= 0.6 is 11.6 Å². The predicted octanol–water partition coefficient (Wildman–Crippen LogP) is 4.03. The van der Waals surface area contributed by atoms with Crippen LogP contribution in [0, 0.1) is 0 Å². The number of benzene rings is 2. The fourth-order valence-corrected chi connectivity index (χ4v) is 3.04. The molecule has 0 aliphatic carbocycles. The third-order valence-corrected chi connectivity index (χ3v) is 4.39. The van der Waals surface area contributed by atoms with E-state index in [4.69, 9.17) is 11.6 Å². The van der Waals surface area contributed by atoms with E-state index in [0.29, 0.717) is 6.04 Å². The molecule has 0 saturated heterocycles. The van der Waals surface area contributed by atoms with Gasteiger partial charge in [-0.05, 0) is 48.6 Å². The van der Waals surface area contributed by atoms with E-state index < -0.39 is 0 Å². The molecule has 0 bridgehead atoms. The number of rotatable bonds is 5. The average molecular weight is 301 g/mol. The van der Waals surface area contributed by atoms with Crippen LogP contribution in [0.2, 0.25) is 5.02 Å². The molecule has 1 aliphatic heterocycles. The zero-order chi connectivity index (χ0) is 14.7. The molecule has 2 nitrogen and oxygen atoms in total. The molecule has 1 heterocycles. The molecule has 2 N–H and O–H groups in total. The van der Waals surface area contributed by atoms with Gasteiger partial charge in [-0.2, -0.15) is 0 Å². The van der Waals surface area contributed by atoms with Gasteiger partial charge in [0, 0.05) is 29.8 Å². The quantitative estimate of drug-likeness (QED) is 0.871. The maximum absolute atomic E-state index is 6.18. The van der Waals surface area contributed by atoms with Crippen LogP contribution in [0.4, 0.5) is 5.69 Å². The summed E-state index contributed by atoms with van der Waals surface area (Å²) in [6, 6.07) is 15.2. The van der Waals surface area contributed by atoms with Gasteiger partial charge in [-0.15, -0.1) is 0 Å². The average Bonchev–Trinajstić information content (AvgIpc) is 2.94. The van der Waals surface area contributed by atoms with Crippen molar-refractivity contribution in [2.45, 2.75) is 32.4 Å². The summed E-state index contributed by atoms with van der Waals surface area (Å²) in [5.41, 5.74) is 5.31. The van der Waals surface area contributed by atoms with Crippen LogP contribution in [0.3, 0.4) is 0 Å². The number of nitrogens with one attached hydrogen (secondary N) is 2. The van der Waals surface area contributed by atoms with Gasteiger partial charge in [-0.1, -0.05) is 41.9 Å². The molecular formula is C18H21ClN2. The molecule has 1 atom stereocenters. The molecule has 1 aliphatic rings. The monoisotopic (exact) mass is 300 g/mol. The molecule has 0 amide bonds. The number of hydrogen-bond donors (Lipinski definition) is 2. The Labute approximate surface area is 131 Å². The molecular weight excluding hydrogens is 280 g/mol. The number of anilines is 1. The summed E-state index contributed by atoms with van der Waals surface area (Å²) in [6.45, 7) is 4.11. The highest BCUT2D eigenvalue weighted by Gasteiger charge is 2.11. The summed E-state index contributed by atoms with van der Waals surface area (Å²) in [4.78, 5) is 0. The Balaban J connectivity index is 1.57. The number of hydrogen-bond acceptors (Lipinski definition) is 2. The largest absolute Gasteiger partial charge is 0.384 e. The molecule has 3 rings (SSSR count). The second-order valence-electron chi connectivity index (χ2n) is 5.75. The molecule has 0 spiro atoms. The van der Waals surface area contributed by atoms with Crippen LogP contribution in [0.15, 0.2) is 42.5 Å². The minimum atomic E-state index is 0.425. The van der Waals surface area contributed by atoms with E-state index in [1.807, 2.05) is 18.2 Å². The lowest BCUT2D eigenvalue weighted by Gasteiger charge is -2.15. The normalized spacial score (nSPS) is 14.6. The van der Waals surface area contributed by atoms with Gasteiger partial charge in [0.25, 0.3) is 0 Å². The van der Waals surface area contributed by atoms with E-state index in [-0.39, 0.29) is 0 Å². The predicted molar refractivity (Wildman–Crippen MR) is 90.1 cm³/mol. The first-order chi connectivity index (χ1) is 10.2. The van der Waals surface area contributed by atoms with Crippen molar-refractivity contribution in [3.05, 3.63) is 64.2 Å². The van der Waals surface area contributed by atoms with Crippen molar-refractivity contribution in [2.24, 2.45) is 0 Å². The van der Waals surface area contributed by atoms with E-state index in [9.17, 15) is 0 Å². The highest BCUT2D eigenvalue weighted by Crippen LogP contribution is 2.23. The Hall–Kier alpha value is -1.51. The van der Waals surface area contributed by atoms with E-state index in [2.05, 4.69) is 41.8 Å². The van der Waals surface area contributed by atoms with Gasteiger partial charge in [0.15, 0.2) is 0 Å². The van der Waals surface area contributed by atoms with Crippen molar-refractivity contribution >= 4 is 17.3 Å². The Morgan fingerprint density at radius 1 is 1.24 bits per heavy atom. The molecule has 3 heteroatoms. The van der Waals surface area contributed by atoms with Crippen LogP contribution in [0.1, 0.15) is 23.6 Å². The first kappa shape index (κ1) is 14.4. The second kappa shape index (κ2) is 6.50. The lowest BCUT2D eigenvalue weighted by Crippen LogP contribution is -2.27. The summed E-state index contributed by atoms with van der Waals surface area (Å²) in [5, 5.41) is 7.79. The molecule has 0 fully saturated rings. The highest BCUT2D eigenvalue weighted by molar-refractivity contribution is 6.31. The summed E-state index contributed by atoms with van der Waals surface area (Å²) < 4.78 is 0. The van der Waals surface area contributed by atoms with Crippen LogP contribution in [-0.4, -0.2) is 12.6 Å². The topological polar surface area (TPSA) is 24.1 Å². The minimum absolute atomic E-state index is 0.425. The zero-order valence-electron chi connectivity index (χ0n) is 12.3. The fourth-order valence-electron chi connectivity index (χ4n) is 2.84. The van der Waals surface area contributed by atoms with Gasteiger partial charge in [0.1, 0.15) is 0 Å². The molecule has 2 aromatic carbocycles. The van der Waals surface area contributed by atoms with E-state index in [0.717, 1.165) is 36.5 Å². The second-order valence-corrected chi connectivity index (χ2v) is 6.15. The molecule has 2 aromatic rings. The molecule has 0 radical (unpaired) electrons. The van der Waals surface area contributed by atoms with Crippen LogP contribution in [-0.2, 0) is 19.4 Å². The van der Waals surface area contributed by atoms with Crippen molar-refractivity contribution in [2.75, 3.05) is 11.9 Å². The van der Waals surface area contributed by atoms with Gasteiger partial charge in [0.05, 0.1) is 0 Å². The SMILES string of the molecule is CC(Cc1ccc2c(c1)CCN2)NCc1ccccc1Cl. The molecule has 0 saturated carbocycles. The minimum Gasteiger partial charge on any atom is -0.384 e. The summed E-state index contributed by atoms with van der Waals surface area (Å²) >= 11 is 6.18. The lowest BCUT2D eigenvalue weighted by molar-refractivity contribution is 0.545. The smallest absolute Gasteiger partial charge is 0.0450 e. The van der Waals surface area contributed by atoms with E-state index in [1.54, 1.807) is 0 Å². The van der Waals surface area contributed by atoms with Crippen LogP contribution in [0.25, 0.3) is 0 Å². The molecule has 1 unspecified atom stereocenters. The number of fused-ring (bicyclic) bond motifs is 1. The number of halogens is 1. The van der Waals surface area contributed by atoms with Crippen molar-refractivity contribution in [1.29, 1.82) is 0 Å². The molecule has 0 aromatic heterocycles. The first-order valence-electron chi connectivity index (χ1n) is 7.55. The van der Waals surface area contributed by atoms with Crippen molar-refractivity contribution in [3.63, 3.8) is 0 Å². The van der Waals surface area contributed by atoms with Crippen molar-refractivity contribution in [1.82, 2.24) is 5.32 Å². The first-order valence-corrected chi connectivity index (χ1v) is 7.92. The van der Waals surface area contributed by atoms with Crippen molar-refractivity contribution in [3.8, 4) is 0 Å². The fraction of sp³-hybridized carbons (Fsp3) is 0.333. The molecule has 110 valence electrons. The maximum Gasteiger partial charge on any atom is 0.0450 e. The lowest BCUT2D eigenvalue weighted by atomic mass is 10.0. The Bertz CT molecular complexity index is 624. The standard InChI is InChI=1S/C18H21ClN2/c1-13(21-12-16-4-2-3-5-17(16)19)10-14-6-7-18-15(11-14)8-9-20-18/h2-7,11,13,20-21H,8-10,12H2,1H3. The summed E-state index contributed by atoms with van der Waals surface area (Å²) in [5.74, 6) is 0. The Morgan fingerprint density at radius 3 is 2.95 bits per heavy atom. The molecule has 21 heavy (non-hydrogen) atoms. The zero-order valence-corrected chi connectivity index (χ0v) is 13.1. The van der Waals surface area contributed by atoms with Gasteiger partial charge in [-0.25, -0.2) is 0 Å². The third kappa shape index (κ3) is 3.58. The van der Waals surface area contributed by atoms with Gasteiger partial charge >= 0.3 is 0 Å². The third-order valence-electron chi connectivity index (χ3n) is 4.02. The van der Waals surface area contributed by atoms with Crippen LogP contribution < -0.4 is 10.6 Å². The Kier molecular flexibility index (Phi) is 4.47. The van der Waals surface area contributed by atoms with Gasteiger partial charge in [-0.3, -0.25) is 0 Å². The Morgan fingerprint density at radius 2 is 2.10 bits per heavy atom. The van der Waals surface area contributed by atoms with Crippen molar-refractivity contribution < 1.29 is 0 Å². The highest BCUT2D eigenvalue weighted by atomic mass is 35.5. The summed E-state index contributed by atoms with van der Waals surface area (Å²) in [7, 11) is 0. The van der Waals surface area contributed by atoms with Gasteiger partial charge < -0.3 is 10.6 Å². The summed E-state index contributed by atoms with van der Waals surface area (Å²) in [6.07, 6.45) is 2.18. The van der Waals surface area contributed by atoms with E-state index in [1.165, 1.54) is 16.8 Å². The van der Waals surface area contributed by atoms with E-state index >= 15 is 0 Å². The maximum atomic E-state index is 6.18. The van der Waals surface area contributed by atoms with Gasteiger partial charge in [0.2, 0.25) is 0 Å². The van der Waals surface area contributed by atoms with Crippen LogP contribution in [0.5, 0.6) is 0 Å².